The van der Waals surface area contributed by atoms with Crippen molar-refractivity contribution in [2.24, 2.45) is 0 Å². The Morgan fingerprint density at radius 3 is 1.87 bits per heavy atom. The number of amides is 3. The standard InChI is InChI=1S/C20H19Cl2N3O5S/c1-10(2)24-31(29,30)13-6-4-12(5-7-13)23-18(26)11(3)25-19(27)14-8-16(21)17(22)9-15(14)20(25)28/h4-11,24H,1-3H3,(H,23,26). The molecule has 0 aliphatic carbocycles. The summed E-state index contributed by atoms with van der Waals surface area (Å²) in [4.78, 5) is 38.9. The minimum atomic E-state index is -3.67. The topological polar surface area (TPSA) is 113 Å². The lowest BCUT2D eigenvalue weighted by Crippen LogP contribution is -2.45. The van der Waals surface area contributed by atoms with Crippen LogP contribution in [0.15, 0.2) is 41.3 Å². The van der Waals surface area contributed by atoms with Crippen molar-refractivity contribution in [3.05, 3.63) is 57.6 Å². The molecule has 0 aromatic heterocycles. The van der Waals surface area contributed by atoms with Crippen LogP contribution in [0.25, 0.3) is 0 Å². The molecule has 1 aliphatic heterocycles. The van der Waals surface area contributed by atoms with Crippen LogP contribution in [0, 0.1) is 0 Å². The van der Waals surface area contributed by atoms with Gasteiger partial charge in [-0.3, -0.25) is 19.3 Å². The fourth-order valence-corrected chi connectivity index (χ4v) is 4.64. The molecule has 2 aromatic rings. The minimum absolute atomic E-state index is 0.0429. The molecule has 0 bridgehead atoms. The molecule has 3 amide bonds. The van der Waals surface area contributed by atoms with Crippen molar-refractivity contribution < 1.29 is 22.8 Å². The molecule has 164 valence electrons. The Morgan fingerprint density at radius 2 is 1.42 bits per heavy atom. The quantitative estimate of drug-likeness (QED) is 0.611. The van der Waals surface area contributed by atoms with Gasteiger partial charge in [-0.25, -0.2) is 13.1 Å². The summed E-state index contributed by atoms with van der Waals surface area (Å²) in [6, 6.07) is 6.73. The van der Waals surface area contributed by atoms with Gasteiger partial charge in [0.1, 0.15) is 6.04 Å². The molecule has 2 aromatic carbocycles. The molecule has 3 rings (SSSR count). The van der Waals surface area contributed by atoms with Crippen LogP contribution in [0.1, 0.15) is 41.5 Å². The highest BCUT2D eigenvalue weighted by molar-refractivity contribution is 7.89. The van der Waals surface area contributed by atoms with Gasteiger partial charge in [-0.15, -0.1) is 0 Å². The van der Waals surface area contributed by atoms with Gasteiger partial charge in [0, 0.05) is 11.7 Å². The van der Waals surface area contributed by atoms with Crippen LogP contribution in [0.3, 0.4) is 0 Å². The van der Waals surface area contributed by atoms with Crippen molar-refractivity contribution in [3.8, 4) is 0 Å². The van der Waals surface area contributed by atoms with Crippen LogP contribution in [0.2, 0.25) is 10.0 Å². The average Bonchev–Trinajstić information content (AvgIpc) is 2.91. The third-order valence-electron chi connectivity index (χ3n) is 4.55. The molecule has 0 spiro atoms. The summed E-state index contributed by atoms with van der Waals surface area (Å²) in [6.45, 7) is 4.81. The third-order valence-corrected chi connectivity index (χ3v) is 6.95. The number of hydrogen-bond acceptors (Lipinski definition) is 5. The Hall–Kier alpha value is -2.46. The van der Waals surface area contributed by atoms with Crippen molar-refractivity contribution in [2.75, 3.05) is 5.32 Å². The smallest absolute Gasteiger partial charge is 0.262 e. The summed E-state index contributed by atoms with van der Waals surface area (Å²) < 4.78 is 26.8. The number of imide groups is 1. The van der Waals surface area contributed by atoms with Gasteiger partial charge < -0.3 is 5.32 Å². The average molecular weight is 484 g/mol. The number of anilines is 1. The van der Waals surface area contributed by atoms with Gasteiger partial charge in [-0.1, -0.05) is 23.2 Å². The molecule has 1 heterocycles. The van der Waals surface area contributed by atoms with E-state index in [1.54, 1.807) is 13.8 Å². The van der Waals surface area contributed by atoms with E-state index in [4.69, 9.17) is 23.2 Å². The van der Waals surface area contributed by atoms with Crippen molar-refractivity contribution >= 4 is 56.6 Å². The molecule has 8 nitrogen and oxygen atoms in total. The van der Waals surface area contributed by atoms with Crippen molar-refractivity contribution in [2.45, 2.75) is 37.8 Å². The first kappa shape index (κ1) is 23.2. The van der Waals surface area contributed by atoms with E-state index in [-0.39, 0.29) is 32.1 Å². The van der Waals surface area contributed by atoms with Crippen molar-refractivity contribution in [1.82, 2.24) is 9.62 Å². The normalized spacial score (nSPS) is 14.7. The second-order valence-electron chi connectivity index (χ2n) is 7.26. The Morgan fingerprint density at radius 1 is 0.935 bits per heavy atom. The maximum atomic E-state index is 12.7. The number of rotatable bonds is 6. The first-order chi connectivity index (χ1) is 14.4. The van der Waals surface area contributed by atoms with Gasteiger partial charge in [-0.2, -0.15) is 0 Å². The number of carbonyl (C=O) groups excluding carboxylic acids is 3. The third kappa shape index (κ3) is 4.59. The van der Waals surface area contributed by atoms with Crippen LogP contribution in [0.4, 0.5) is 5.69 Å². The zero-order chi connectivity index (χ0) is 23.1. The van der Waals surface area contributed by atoms with Crippen molar-refractivity contribution in [3.63, 3.8) is 0 Å². The number of hydrogen-bond donors (Lipinski definition) is 2. The number of sulfonamides is 1. The van der Waals surface area contributed by atoms with Gasteiger partial charge in [0.25, 0.3) is 11.8 Å². The van der Waals surface area contributed by atoms with Gasteiger partial charge in [0.15, 0.2) is 0 Å². The monoisotopic (exact) mass is 483 g/mol. The fraction of sp³-hybridized carbons (Fsp3) is 0.250. The lowest BCUT2D eigenvalue weighted by Gasteiger charge is -2.21. The zero-order valence-electron chi connectivity index (χ0n) is 16.8. The number of carbonyl (C=O) groups is 3. The minimum Gasteiger partial charge on any atom is -0.324 e. The molecule has 31 heavy (non-hydrogen) atoms. The van der Waals surface area contributed by atoms with Gasteiger partial charge in [0.05, 0.1) is 26.1 Å². The first-order valence-corrected chi connectivity index (χ1v) is 11.5. The van der Waals surface area contributed by atoms with E-state index in [0.29, 0.717) is 5.69 Å². The first-order valence-electron chi connectivity index (χ1n) is 9.22. The van der Waals surface area contributed by atoms with Crippen LogP contribution in [0.5, 0.6) is 0 Å². The van der Waals surface area contributed by atoms with Crippen molar-refractivity contribution in [1.29, 1.82) is 0 Å². The number of fused-ring (bicyclic) bond motifs is 1. The number of nitrogens with zero attached hydrogens (tertiary/aromatic N) is 1. The molecule has 1 unspecified atom stereocenters. The Labute approximate surface area is 189 Å². The SMILES string of the molecule is CC(C)NS(=O)(=O)c1ccc(NC(=O)C(C)N2C(=O)c3cc(Cl)c(Cl)cc3C2=O)cc1. The second-order valence-corrected chi connectivity index (χ2v) is 9.79. The predicted octanol–water partition coefficient (Wildman–Crippen LogP) is 3.30. The summed E-state index contributed by atoms with van der Waals surface area (Å²) in [7, 11) is -3.67. The molecule has 2 N–H and O–H groups in total. The Balaban J connectivity index is 1.76. The maximum absolute atomic E-state index is 12.7. The molecule has 0 radical (unpaired) electrons. The largest absolute Gasteiger partial charge is 0.324 e. The molecule has 0 saturated carbocycles. The highest BCUT2D eigenvalue weighted by Gasteiger charge is 2.41. The molecule has 0 saturated heterocycles. The molecule has 11 heteroatoms. The zero-order valence-corrected chi connectivity index (χ0v) is 19.1. The number of nitrogens with one attached hydrogen (secondary N) is 2. The highest BCUT2D eigenvalue weighted by atomic mass is 35.5. The summed E-state index contributed by atoms with van der Waals surface area (Å²) in [5, 5.41) is 2.83. The summed E-state index contributed by atoms with van der Waals surface area (Å²) in [6.07, 6.45) is 0. The number of benzene rings is 2. The Bertz CT molecular complexity index is 1140. The highest BCUT2D eigenvalue weighted by Crippen LogP contribution is 2.32. The summed E-state index contributed by atoms with van der Waals surface area (Å²) >= 11 is 11.9. The van der Waals surface area contributed by atoms with Crippen LogP contribution >= 0.6 is 23.2 Å². The van der Waals surface area contributed by atoms with E-state index in [1.165, 1.54) is 43.3 Å². The summed E-state index contributed by atoms with van der Waals surface area (Å²) in [5.41, 5.74) is 0.459. The maximum Gasteiger partial charge on any atom is 0.262 e. The molecular weight excluding hydrogens is 465 g/mol. The van der Waals surface area contributed by atoms with E-state index in [0.717, 1.165) is 4.90 Å². The molecule has 0 fully saturated rings. The van der Waals surface area contributed by atoms with Gasteiger partial charge in [-0.05, 0) is 57.2 Å². The molecular formula is C20H19Cl2N3O5S. The molecule has 1 atom stereocenters. The van der Waals surface area contributed by atoms with E-state index in [1.807, 2.05) is 0 Å². The summed E-state index contributed by atoms with van der Waals surface area (Å²) in [5.74, 6) is -1.92. The van der Waals surface area contributed by atoms with Crippen LogP contribution < -0.4 is 10.0 Å². The van der Waals surface area contributed by atoms with E-state index >= 15 is 0 Å². The second kappa shape index (κ2) is 8.58. The van der Waals surface area contributed by atoms with Crippen LogP contribution in [-0.4, -0.2) is 43.1 Å². The molecule has 1 aliphatic rings. The lowest BCUT2D eigenvalue weighted by atomic mass is 10.1. The predicted molar refractivity (Wildman–Crippen MR) is 117 cm³/mol. The lowest BCUT2D eigenvalue weighted by molar-refractivity contribution is -0.119. The number of halogens is 2. The van der Waals surface area contributed by atoms with E-state index in [9.17, 15) is 22.8 Å². The van der Waals surface area contributed by atoms with E-state index < -0.39 is 33.8 Å². The van der Waals surface area contributed by atoms with Gasteiger partial charge in [0.2, 0.25) is 15.9 Å². The van der Waals surface area contributed by atoms with Crippen LogP contribution in [-0.2, 0) is 14.8 Å². The fourth-order valence-electron chi connectivity index (χ4n) is 3.06. The van der Waals surface area contributed by atoms with Gasteiger partial charge >= 0.3 is 0 Å². The Kier molecular flexibility index (Phi) is 6.43. The van der Waals surface area contributed by atoms with E-state index in [2.05, 4.69) is 10.0 Å².